The maximum Gasteiger partial charge on any atom is 0.243 e. The number of anilines is 1. The van der Waals surface area contributed by atoms with Gasteiger partial charge in [-0.3, -0.25) is 14.6 Å². The average molecular weight is 469 g/mol. The van der Waals surface area contributed by atoms with Crippen LogP contribution in [0.1, 0.15) is 44.9 Å². The fraction of sp³-hybridized carbons (Fsp3) is 0.682. The summed E-state index contributed by atoms with van der Waals surface area (Å²) in [5.41, 5.74) is 0.359. The summed E-state index contributed by atoms with van der Waals surface area (Å²) in [7, 11) is -3.59. The van der Waals surface area contributed by atoms with Crippen molar-refractivity contribution in [1.82, 2.24) is 14.1 Å². The standard InChI is InChI=1S/C22H33ClN4O3S/c23-20-8-7-19(31(29,30)27-12-3-1-2-4-13-27)15-21(20)24-22(28)17-25-14-9-18(16-25)26-10-5-6-11-26/h7-8,15,18H,1-6,9-14,16-17H2,(H,24,28). The van der Waals surface area contributed by atoms with Crippen molar-refractivity contribution in [3.05, 3.63) is 23.2 Å². The molecule has 1 unspecified atom stereocenters. The highest BCUT2D eigenvalue weighted by atomic mass is 35.5. The normalized spacial score (nSPS) is 24.4. The number of hydrogen-bond donors (Lipinski definition) is 1. The van der Waals surface area contributed by atoms with Crippen LogP contribution < -0.4 is 5.32 Å². The van der Waals surface area contributed by atoms with Gasteiger partial charge in [0.15, 0.2) is 0 Å². The minimum atomic E-state index is -3.59. The molecule has 31 heavy (non-hydrogen) atoms. The van der Waals surface area contributed by atoms with Crippen LogP contribution in [-0.4, -0.2) is 80.3 Å². The summed E-state index contributed by atoms with van der Waals surface area (Å²) in [6.45, 7) is 5.52. The third kappa shape index (κ3) is 5.60. The molecule has 3 aliphatic rings. The molecule has 3 fully saturated rings. The molecule has 3 aliphatic heterocycles. The molecule has 0 aliphatic carbocycles. The summed E-state index contributed by atoms with van der Waals surface area (Å²) in [4.78, 5) is 17.6. The van der Waals surface area contributed by atoms with E-state index in [1.165, 1.54) is 38.1 Å². The number of halogens is 1. The number of nitrogens with one attached hydrogen (secondary N) is 1. The Morgan fingerprint density at radius 1 is 1.00 bits per heavy atom. The Hall–Kier alpha value is -1.19. The van der Waals surface area contributed by atoms with Gasteiger partial charge in [0.05, 0.1) is 22.2 Å². The SMILES string of the molecule is O=C(CN1CCC(N2CCCC2)C1)Nc1cc(S(=O)(=O)N2CCCCCC2)ccc1Cl. The van der Waals surface area contributed by atoms with Crippen molar-refractivity contribution in [3.63, 3.8) is 0 Å². The highest BCUT2D eigenvalue weighted by molar-refractivity contribution is 7.89. The van der Waals surface area contributed by atoms with Gasteiger partial charge in [0, 0.05) is 32.2 Å². The number of rotatable bonds is 6. The van der Waals surface area contributed by atoms with Crippen molar-refractivity contribution >= 4 is 33.2 Å². The zero-order chi connectivity index (χ0) is 21.8. The van der Waals surface area contributed by atoms with E-state index in [2.05, 4.69) is 15.1 Å². The molecule has 1 N–H and O–H groups in total. The predicted octanol–water partition coefficient (Wildman–Crippen LogP) is 3.01. The monoisotopic (exact) mass is 468 g/mol. The Kier molecular flexibility index (Phi) is 7.54. The zero-order valence-corrected chi connectivity index (χ0v) is 19.6. The molecule has 4 rings (SSSR count). The van der Waals surface area contributed by atoms with Crippen molar-refractivity contribution in [3.8, 4) is 0 Å². The summed E-state index contributed by atoms with van der Waals surface area (Å²) >= 11 is 6.28. The molecule has 1 aromatic carbocycles. The smallest absolute Gasteiger partial charge is 0.243 e. The first-order valence-corrected chi connectivity index (χ1v) is 13.3. The minimum absolute atomic E-state index is 0.159. The van der Waals surface area contributed by atoms with Crippen LogP contribution in [0, 0.1) is 0 Å². The van der Waals surface area contributed by atoms with Gasteiger partial charge < -0.3 is 5.32 Å². The number of nitrogens with zero attached hydrogens (tertiary/aromatic N) is 3. The second-order valence-corrected chi connectivity index (χ2v) is 11.3. The molecular formula is C22H33ClN4O3S. The van der Waals surface area contributed by atoms with Crippen molar-refractivity contribution in [2.75, 3.05) is 51.1 Å². The second-order valence-electron chi connectivity index (χ2n) is 8.93. The molecule has 0 saturated carbocycles. The Balaban J connectivity index is 1.38. The zero-order valence-electron chi connectivity index (χ0n) is 18.1. The lowest BCUT2D eigenvalue weighted by atomic mass is 10.2. The molecule has 1 aromatic rings. The highest BCUT2D eigenvalue weighted by Gasteiger charge is 2.30. The highest BCUT2D eigenvalue weighted by Crippen LogP contribution is 2.28. The van der Waals surface area contributed by atoms with E-state index in [4.69, 9.17) is 11.6 Å². The van der Waals surface area contributed by atoms with E-state index in [0.29, 0.717) is 36.4 Å². The first-order valence-electron chi connectivity index (χ1n) is 11.5. The van der Waals surface area contributed by atoms with E-state index < -0.39 is 10.0 Å². The fourth-order valence-corrected chi connectivity index (χ4v) is 6.65. The van der Waals surface area contributed by atoms with E-state index in [1.54, 1.807) is 10.4 Å². The van der Waals surface area contributed by atoms with Crippen LogP contribution in [-0.2, 0) is 14.8 Å². The molecule has 7 nitrogen and oxygen atoms in total. The van der Waals surface area contributed by atoms with Crippen LogP contribution in [0.25, 0.3) is 0 Å². The molecule has 3 saturated heterocycles. The van der Waals surface area contributed by atoms with E-state index in [0.717, 1.165) is 45.2 Å². The molecule has 1 atom stereocenters. The van der Waals surface area contributed by atoms with Crippen molar-refractivity contribution < 1.29 is 13.2 Å². The Bertz CT molecular complexity index is 881. The van der Waals surface area contributed by atoms with Gasteiger partial charge in [-0.05, 0) is 63.4 Å². The summed E-state index contributed by atoms with van der Waals surface area (Å²) in [5, 5.41) is 3.19. The third-order valence-corrected chi connectivity index (χ3v) is 8.91. The summed E-state index contributed by atoms with van der Waals surface area (Å²) in [6, 6.07) is 5.12. The summed E-state index contributed by atoms with van der Waals surface area (Å²) in [6.07, 6.45) is 7.51. The number of amides is 1. The van der Waals surface area contributed by atoms with Crippen LogP contribution in [0.3, 0.4) is 0 Å². The first kappa shape index (κ1) is 23.0. The van der Waals surface area contributed by atoms with Crippen LogP contribution in [0.15, 0.2) is 23.1 Å². The average Bonchev–Trinajstić information content (AvgIpc) is 3.35. The van der Waals surface area contributed by atoms with E-state index in [-0.39, 0.29) is 10.8 Å². The number of likely N-dealkylation sites (tertiary alicyclic amines) is 2. The largest absolute Gasteiger partial charge is 0.324 e. The van der Waals surface area contributed by atoms with Gasteiger partial charge in [-0.2, -0.15) is 4.31 Å². The number of carbonyl (C=O) groups is 1. The van der Waals surface area contributed by atoms with E-state index >= 15 is 0 Å². The Morgan fingerprint density at radius 3 is 2.39 bits per heavy atom. The Labute approximate surface area is 190 Å². The van der Waals surface area contributed by atoms with Crippen LogP contribution >= 0.6 is 11.6 Å². The van der Waals surface area contributed by atoms with Gasteiger partial charge in [-0.15, -0.1) is 0 Å². The van der Waals surface area contributed by atoms with Gasteiger partial charge in [0.1, 0.15) is 0 Å². The van der Waals surface area contributed by atoms with Gasteiger partial charge in [0.25, 0.3) is 0 Å². The second kappa shape index (κ2) is 10.2. The maximum absolute atomic E-state index is 13.1. The molecule has 172 valence electrons. The number of hydrogen-bond acceptors (Lipinski definition) is 5. The maximum atomic E-state index is 13.1. The van der Waals surface area contributed by atoms with E-state index in [1.807, 2.05) is 0 Å². The molecule has 0 spiro atoms. The summed E-state index contributed by atoms with van der Waals surface area (Å²) in [5.74, 6) is -0.159. The summed E-state index contributed by atoms with van der Waals surface area (Å²) < 4.78 is 27.7. The van der Waals surface area contributed by atoms with Gasteiger partial charge >= 0.3 is 0 Å². The lowest BCUT2D eigenvalue weighted by Crippen LogP contribution is -2.37. The van der Waals surface area contributed by atoms with E-state index in [9.17, 15) is 13.2 Å². The predicted molar refractivity (Wildman–Crippen MR) is 123 cm³/mol. The molecule has 0 radical (unpaired) electrons. The van der Waals surface area contributed by atoms with Gasteiger partial charge in [0.2, 0.25) is 15.9 Å². The fourth-order valence-electron chi connectivity index (χ4n) is 4.95. The van der Waals surface area contributed by atoms with Crippen molar-refractivity contribution in [1.29, 1.82) is 0 Å². The van der Waals surface area contributed by atoms with Gasteiger partial charge in [-0.25, -0.2) is 8.42 Å². The van der Waals surface area contributed by atoms with Crippen LogP contribution in [0.5, 0.6) is 0 Å². The molecular weight excluding hydrogens is 436 g/mol. The minimum Gasteiger partial charge on any atom is -0.324 e. The third-order valence-electron chi connectivity index (χ3n) is 6.69. The molecule has 0 aromatic heterocycles. The Morgan fingerprint density at radius 2 is 1.68 bits per heavy atom. The number of sulfonamides is 1. The topological polar surface area (TPSA) is 73.0 Å². The van der Waals surface area contributed by atoms with Crippen molar-refractivity contribution in [2.24, 2.45) is 0 Å². The first-order chi connectivity index (χ1) is 14.9. The van der Waals surface area contributed by atoms with Crippen LogP contribution in [0.2, 0.25) is 5.02 Å². The molecule has 3 heterocycles. The van der Waals surface area contributed by atoms with Crippen molar-refractivity contribution in [2.45, 2.75) is 55.9 Å². The molecule has 1 amide bonds. The lowest BCUT2D eigenvalue weighted by molar-refractivity contribution is -0.117. The molecule has 9 heteroatoms. The quantitative estimate of drug-likeness (QED) is 0.694. The lowest BCUT2D eigenvalue weighted by Gasteiger charge is -2.23. The number of benzene rings is 1. The van der Waals surface area contributed by atoms with Gasteiger partial charge in [-0.1, -0.05) is 24.4 Å². The molecule has 0 bridgehead atoms. The van der Waals surface area contributed by atoms with Crippen LogP contribution in [0.4, 0.5) is 5.69 Å². The number of carbonyl (C=O) groups excluding carboxylic acids is 1.